The molecule has 1 aromatic carbocycles. The highest BCUT2D eigenvalue weighted by Gasteiger charge is 2.26. The number of halogens is 1. The van der Waals surface area contributed by atoms with Gasteiger partial charge in [0, 0.05) is 50.0 Å². The maximum Gasteiger partial charge on any atom is 0.165 e. The van der Waals surface area contributed by atoms with E-state index < -0.39 is 0 Å². The van der Waals surface area contributed by atoms with Crippen LogP contribution in [0.4, 0.5) is 10.2 Å². The second kappa shape index (κ2) is 7.03. The Morgan fingerprint density at radius 3 is 3.04 bits per heavy atom. The van der Waals surface area contributed by atoms with E-state index in [9.17, 15) is 4.39 Å². The van der Waals surface area contributed by atoms with Gasteiger partial charge in [0.1, 0.15) is 24.0 Å². The summed E-state index contributed by atoms with van der Waals surface area (Å²) >= 11 is 0. The summed E-state index contributed by atoms with van der Waals surface area (Å²) < 4.78 is 22.4. The van der Waals surface area contributed by atoms with Crippen LogP contribution in [0.15, 0.2) is 36.7 Å². The van der Waals surface area contributed by atoms with Crippen LogP contribution in [0.5, 0.6) is 5.75 Å². The van der Waals surface area contributed by atoms with E-state index in [0.717, 1.165) is 38.5 Å². The maximum atomic E-state index is 14.6. The Labute approximate surface area is 162 Å². The zero-order valence-electron chi connectivity index (χ0n) is 15.8. The zero-order valence-corrected chi connectivity index (χ0v) is 15.8. The van der Waals surface area contributed by atoms with Crippen LogP contribution in [-0.4, -0.2) is 76.8 Å². The smallest absolute Gasteiger partial charge is 0.165 e. The fourth-order valence-corrected chi connectivity index (χ4v) is 3.98. The van der Waals surface area contributed by atoms with Crippen LogP contribution >= 0.6 is 0 Å². The number of hydrogen-bond donors (Lipinski definition) is 1. The molecule has 0 radical (unpaired) electrons. The Morgan fingerprint density at radius 1 is 1.18 bits per heavy atom. The largest absolute Gasteiger partial charge is 0.492 e. The summed E-state index contributed by atoms with van der Waals surface area (Å²) in [7, 11) is 2.14. The van der Waals surface area contributed by atoms with Gasteiger partial charge < -0.3 is 15.0 Å². The molecule has 8 heteroatoms. The number of hydrogen-bond acceptors (Lipinski definition) is 6. The van der Waals surface area contributed by atoms with Crippen molar-refractivity contribution in [1.82, 2.24) is 24.4 Å². The number of benzene rings is 1. The molecule has 7 nitrogen and oxygen atoms in total. The minimum atomic E-state index is -0.312. The van der Waals surface area contributed by atoms with Gasteiger partial charge in [-0.3, -0.25) is 4.90 Å². The molecule has 0 saturated carbocycles. The van der Waals surface area contributed by atoms with Gasteiger partial charge in [0.2, 0.25) is 0 Å². The van der Waals surface area contributed by atoms with Gasteiger partial charge >= 0.3 is 0 Å². The summed E-state index contributed by atoms with van der Waals surface area (Å²) in [6.45, 7) is 5.26. The molecular formula is C20H23FN6O. The molecule has 0 spiro atoms. The summed E-state index contributed by atoms with van der Waals surface area (Å²) in [5, 5.41) is 7.71. The highest BCUT2D eigenvalue weighted by molar-refractivity contribution is 5.78. The van der Waals surface area contributed by atoms with E-state index in [1.165, 1.54) is 6.07 Å². The molecule has 1 atom stereocenters. The first-order valence-electron chi connectivity index (χ1n) is 9.61. The average Bonchev–Trinajstić information content (AvgIpc) is 3.11. The Balaban J connectivity index is 1.57. The van der Waals surface area contributed by atoms with Gasteiger partial charge in [0.05, 0.1) is 12.2 Å². The molecular weight excluding hydrogens is 359 g/mol. The molecule has 3 aromatic rings. The summed E-state index contributed by atoms with van der Waals surface area (Å²) in [5.41, 5.74) is 1.73. The summed E-state index contributed by atoms with van der Waals surface area (Å²) in [5.74, 6) is 1.12. The molecule has 2 aliphatic rings. The minimum absolute atomic E-state index is 0.291. The second-order valence-corrected chi connectivity index (χ2v) is 7.47. The van der Waals surface area contributed by atoms with Crippen LogP contribution in [0.25, 0.3) is 16.8 Å². The van der Waals surface area contributed by atoms with Crippen molar-refractivity contribution in [3.8, 4) is 16.9 Å². The van der Waals surface area contributed by atoms with E-state index in [1.807, 2.05) is 12.3 Å². The van der Waals surface area contributed by atoms with Crippen LogP contribution in [-0.2, 0) is 0 Å². The van der Waals surface area contributed by atoms with Gasteiger partial charge in [0.15, 0.2) is 5.65 Å². The van der Waals surface area contributed by atoms with Crippen LogP contribution in [0.1, 0.15) is 0 Å². The van der Waals surface area contributed by atoms with Crippen molar-refractivity contribution >= 4 is 11.5 Å². The lowest BCUT2D eigenvalue weighted by Crippen LogP contribution is -2.55. The third-order valence-electron chi connectivity index (χ3n) is 5.55. The molecule has 1 N–H and O–H groups in total. The number of likely N-dealkylation sites (N-methyl/N-ethyl adjacent to an activating group) is 1. The van der Waals surface area contributed by atoms with Gasteiger partial charge in [0.25, 0.3) is 0 Å². The van der Waals surface area contributed by atoms with Crippen molar-refractivity contribution in [2.75, 3.05) is 51.7 Å². The fourth-order valence-electron chi connectivity index (χ4n) is 3.98. The fraction of sp³-hybridized carbons (Fsp3) is 0.400. The first-order chi connectivity index (χ1) is 13.7. The number of fused-ring (bicyclic) bond motifs is 5. The molecule has 5 rings (SSSR count). The normalized spacial score (nSPS) is 21.0. The third-order valence-corrected chi connectivity index (χ3v) is 5.55. The van der Waals surface area contributed by atoms with Crippen LogP contribution < -0.4 is 10.1 Å². The van der Waals surface area contributed by atoms with Crippen LogP contribution in [0.3, 0.4) is 0 Å². The lowest BCUT2D eigenvalue weighted by molar-refractivity contribution is 0.0612. The molecule has 4 heterocycles. The van der Waals surface area contributed by atoms with Crippen molar-refractivity contribution in [2.24, 2.45) is 0 Å². The number of nitrogens with zero attached hydrogens (tertiary/aromatic N) is 5. The van der Waals surface area contributed by atoms with Gasteiger partial charge in [-0.15, -0.1) is 0 Å². The molecule has 1 fully saturated rings. The second-order valence-electron chi connectivity index (χ2n) is 7.47. The lowest BCUT2D eigenvalue weighted by atomic mass is 10.1. The van der Waals surface area contributed by atoms with Gasteiger partial charge in [-0.1, -0.05) is 0 Å². The molecule has 146 valence electrons. The quantitative estimate of drug-likeness (QED) is 0.642. The minimum Gasteiger partial charge on any atom is -0.492 e. The Hall–Kier alpha value is -2.71. The van der Waals surface area contributed by atoms with Gasteiger partial charge in [-0.05, 0) is 31.3 Å². The predicted octanol–water partition coefficient (Wildman–Crippen LogP) is 1.96. The Kier molecular flexibility index (Phi) is 4.37. The topological polar surface area (TPSA) is 57.9 Å². The number of anilines is 1. The number of piperazine rings is 1. The molecule has 2 aromatic heterocycles. The third kappa shape index (κ3) is 3.18. The molecule has 0 amide bonds. The number of rotatable bonds is 0. The predicted molar refractivity (Wildman–Crippen MR) is 105 cm³/mol. The van der Waals surface area contributed by atoms with E-state index >= 15 is 0 Å². The average molecular weight is 382 g/mol. The van der Waals surface area contributed by atoms with Crippen molar-refractivity contribution < 1.29 is 9.13 Å². The standard InChI is InChI=1S/C20H23FN6O/c1-25-8-9-26-7-5-22-19-4-6-27-20(24-19)17(11-23-27)16-10-15(2-3-18(16)21)28-13-14(26)12-25/h2-4,6,10-11,14H,5,7-9,12-13H2,1H3,(H,22,24)/t14-/m1/s1. The molecule has 0 unspecified atom stereocenters. The Morgan fingerprint density at radius 2 is 2.11 bits per heavy atom. The maximum absolute atomic E-state index is 14.6. The van der Waals surface area contributed by atoms with E-state index in [1.54, 1.807) is 22.8 Å². The molecule has 0 aliphatic carbocycles. The van der Waals surface area contributed by atoms with E-state index in [-0.39, 0.29) is 5.82 Å². The first kappa shape index (κ1) is 17.4. The SMILES string of the molecule is CN1CCN2CCNc3ccn4ncc(c4n3)-c3cc(ccc3F)OC[C@H]2C1. The summed E-state index contributed by atoms with van der Waals surface area (Å²) in [6, 6.07) is 7.07. The number of ether oxygens (including phenoxy) is 1. The summed E-state index contributed by atoms with van der Waals surface area (Å²) in [6.07, 6.45) is 3.49. The van der Waals surface area contributed by atoms with Crippen molar-refractivity contribution in [1.29, 1.82) is 0 Å². The van der Waals surface area contributed by atoms with Crippen molar-refractivity contribution in [3.63, 3.8) is 0 Å². The van der Waals surface area contributed by atoms with Gasteiger partial charge in [-0.25, -0.2) is 13.9 Å². The van der Waals surface area contributed by atoms with Crippen molar-refractivity contribution in [2.45, 2.75) is 6.04 Å². The summed E-state index contributed by atoms with van der Waals surface area (Å²) in [4.78, 5) is 9.44. The lowest BCUT2D eigenvalue weighted by Gasteiger charge is -2.39. The van der Waals surface area contributed by atoms with E-state index in [4.69, 9.17) is 4.74 Å². The monoisotopic (exact) mass is 382 g/mol. The highest BCUT2D eigenvalue weighted by Crippen LogP contribution is 2.30. The number of aromatic nitrogens is 3. The molecule has 4 bridgehead atoms. The molecule has 1 saturated heterocycles. The van der Waals surface area contributed by atoms with Crippen LogP contribution in [0, 0.1) is 5.82 Å². The molecule has 2 aliphatic heterocycles. The Bertz CT molecular complexity index is 1010. The highest BCUT2D eigenvalue weighted by atomic mass is 19.1. The van der Waals surface area contributed by atoms with Gasteiger partial charge in [-0.2, -0.15) is 5.10 Å². The first-order valence-corrected chi connectivity index (χ1v) is 9.61. The van der Waals surface area contributed by atoms with Crippen molar-refractivity contribution in [3.05, 3.63) is 42.5 Å². The van der Waals surface area contributed by atoms with E-state index in [2.05, 4.69) is 32.2 Å². The van der Waals surface area contributed by atoms with E-state index in [0.29, 0.717) is 35.2 Å². The number of nitrogens with one attached hydrogen (secondary N) is 1. The molecule has 28 heavy (non-hydrogen) atoms. The van der Waals surface area contributed by atoms with Crippen LogP contribution in [0.2, 0.25) is 0 Å². The zero-order chi connectivity index (χ0) is 19.1.